The van der Waals surface area contributed by atoms with Crippen molar-refractivity contribution in [3.8, 4) is 5.75 Å². The zero-order chi connectivity index (χ0) is 8.39. The van der Waals surface area contributed by atoms with E-state index in [4.69, 9.17) is 4.74 Å². The number of rotatable bonds is 0. The standard InChI is InChI=1S/C10H13NO/c1-8-2-3-10-9(6-8)4-5-11-7-12-10/h2-3,6,11H,4-5,7H2,1H3. The maximum Gasteiger partial charge on any atom is 0.139 e. The van der Waals surface area contributed by atoms with Gasteiger partial charge in [0.05, 0.1) is 0 Å². The molecule has 0 unspecified atom stereocenters. The van der Waals surface area contributed by atoms with Gasteiger partial charge in [0.1, 0.15) is 12.5 Å². The Morgan fingerprint density at radius 3 is 3.25 bits per heavy atom. The second-order valence-corrected chi connectivity index (χ2v) is 3.15. The predicted octanol–water partition coefficient (Wildman–Crippen LogP) is 1.48. The van der Waals surface area contributed by atoms with Crippen molar-refractivity contribution in [1.82, 2.24) is 5.32 Å². The van der Waals surface area contributed by atoms with Crippen LogP contribution in [0.4, 0.5) is 0 Å². The molecule has 0 fully saturated rings. The maximum atomic E-state index is 5.49. The minimum atomic E-state index is 0.635. The molecule has 12 heavy (non-hydrogen) atoms. The molecule has 1 aliphatic heterocycles. The Morgan fingerprint density at radius 1 is 1.42 bits per heavy atom. The van der Waals surface area contributed by atoms with Gasteiger partial charge in [-0.05, 0) is 25.0 Å². The largest absolute Gasteiger partial charge is 0.478 e. The molecule has 1 heterocycles. The van der Waals surface area contributed by atoms with E-state index >= 15 is 0 Å². The van der Waals surface area contributed by atoms with Crippen molar-refractivity contribution in [3.05, 3.63) is 29.3 Å². The molecule has 0 bridgehead atoms. The Labute approximate surface area is 72.5 Å². The number of hydrogen-bond donors (Lipinski definition) is 1. The fourth-order valence-electron chi connectivity index (χ4n) is 1.47. The molecule has 2 heteroatoms. The number of aryl methyl sites for hydroxylation is 1. The third-order valence-corrected chi connectivity index (χ3v) is 2.12. The van der Waals surface area contributed by atoms with E-state index in [1.165, 1.54) is 11.1 Å². The first kappa shape index (κ1) is 7.62. The number of hydrogen-bond acceptors (Lipinski definition) is 2. The monoisotopic (exact) mass is 163 g/mol. The van der Waals surface area contributed by atoms with Crippen molar-refractivity contribution in [3.63, 3.8) is 0 Å². The van der Waals surface area contributed by atoms with Crippen LogP contribution in [0.5, 0.6) is 5.75 Å². The van der Waals surface area contributed by atoms with E-state index in [-0.39, 0.29) is 0 Å². The first-order chi connectivity index (χ1) is 5.86. The van der Waals surface area contributed by atoms with E-state index in [1.54, 1.807) is 0 Å². The van der Waals surface area contributed by atoms with E-state index in [2.05, 4.69) is 30.4 Å². The summed E-state index contributed by atoms with van der Waals surface area (Å²) < 4.78 is 5.49. The quantitative estimate of drug-likeness (QED) is 0.625. The Kier molecular flexibility index (Phi) is 2.00. The van der Waals surface area contributed by atoms with Crippen molar-refractivity contribution in [2.24, 2.45) is 0 Å². The molecule has 0 saturated carbocycles. The second-order valence-electron chi connectivity index (χ2n) is 3.15. The number of benzene rings is 1. The Bertz CT molecular complexity index is 283. The number of nitrogens with one attached hydrogen (secondary N) is 1. The molecule has 0 radical (unpaired) electrons. The van der Waals surface area contributed by atoms with Crippen molar-refractivity contribution < 1.29 is 4.74 Å². The molecule has 64 valence electrons. The first-order valence-electron chi connectivity index (χ1n) is 4.29. The van der Waals surface area contributed by atoms with Gasteiger partial charge in [0, 0.05) is 6.54 Å². The average molecular weight is 163 g/mol. The van der Waals surface area contributed by atoms with Gasteiger partial charge in [-0.15, -0.1) is 0 Å². The van der Waals surface area contributed by atoms with Crippen LogP contribution in [0, 0.1) is 6.92 Å². The maximum absolute atomic E-state index is 5.49. The summed E-state index contributed by atoms with van der Waals surface area (Å²) in [4.78, 5) is 0. The molecule has 1 aliphatic rings. The molecule has 2 rings (SSSR count). The molecule has 0 saturated heterocycles. The number of ether oxygens (including phenoxy) is 1. The summed E-state index contributed by atoms with van der Waals surface area (Å²) in [6.45, 7) is 3.76. The summed E-state index contributed by atoms with van der Waals surface area (Å²) in [7, 11) is 0. The summed E-state index contributed by atoms with van der Waals surface area (Å²) in [5, 5.41) is 3.19. The SMILES string of the molecule is Cc1ccc2c(c1)CCNCO2. The minimum Gasteiger partial charge on any atom is -0.478 e. The predicted molar refractivity (Wildman–Crippen MR) is 48.4 cm³/mol. The van der Waals surface area contributed by atoms with E-state index in [0.717, 1.165) is 18.7 Å². The summed E-state index contributed by atoms with van der Waals surface area (Å²) in [5.41, 5.74) is 2.62. The summed E-state index contributed by atoms with van der Waals surface area (Å²) in [5.74, 6) is 1.03. The van der Waals surface area contributed by atoms with Gasteiger partial charge in [0.25, 0.3) is 0 Å². The van der Waals surface area contributed by atoms with Crippen LogP contribution in [0.25, 0.3) is 0 Å². The highest BCUT2D eigenvalue weighted by atomic mass is 16.5. The molecule has 0 spiro atoms. The highest BCUT2D eigenvalue weighted by molar-refractivity contribution is 5.37. The zero-order valence-electron chi connectivity index (χ0n) is 7.26. The van der Waals surface area contributed by atoms with Crippen LogP contribution in [0.3, 0.4) is 0 Å². The summed E-state index contributed by atoms with van der Waals surface area (Å²) >= 11 is 0. The lowest BCUT2D eigenvalue weighted by molar-refractivity contribution is 0.294. The van der Waals surface area contributed by atoms with E-state index in [0.29, 0.717) is 6.73 Å². The Balaban J connectivity index is 2.36. The fourth-order valence-corrected chi connectivity index (χ4v) is 1.47. The van der Waals surface area contributed by atoms with Crippen molar-refractivity contribution in [2.75, 3.05) is 13.3 Å². The molecule has 0 aliphatic carbocycles. The van der Waals surface area contributed by atoms with Crippen LogP contribution in [-0.2, 0) is 6.42 Å². The average Bonchev–Trinajstić information content (AvgIpc) is 2.28. The lowest BCUT2D eigenvalue weighted by Crippen LogP contribution is -2.19. The van der Waals surface area contributed by atoms with Gasteiger partial charge in [-0.25, -0.2) is 0 Å². The smallest absolute Gasteiger partial charge is 0.139 e. The second kappa shape index (κ2) is 3.15. The van der Waals surface area contributed by atoms with Crippen molar-refractivity contribution in [2.45, 2.75) is 13.3 Å². The summed E-state index contributed by atoms with van der Waals surface area (Å²) in [6.07, 6.45) is 1.07. The molecule has 2 nitrogen and oxygen atoms in total. The third-order valence-electron chi connectivity index (χ3n) is 2.12. The highest BCUT2D eigenvalue weighted by Gasteiger charge is 2.06. The van der Waals surface area contributed by atoms with Gasteiger partial charge < -0.3 is 4.74 Å². The zero-order valence-corrected chi connectivity index (χ0v) is 7.26. The van der Waals surface area contributed by atoms with Crippen molar-refractivity contribution in [1.29, 1.82) is 0 Å². The molecule has 0 atom stereocenters. The third kappa shape index (κ3) is 1.43. The fraction of sp³-hybridized carbons (Fsp3) is 0.400. The normalized spacial score (nSPS) is 16.1. The van der Waals surface area contributed by atoms with E-state index in [1.807, 2.05) is 0 Å². The number of fused-ring (bicyclic) bond motifs is 1. The Morgan fingerprint density at radius 2 is 2.33 bits per heavy atom. The molecular formula is C10H13NO. The van der Waals surface area contributed by atoms with Crippen LogP contribution in [0.15, 0.2) is 18.2 Å². The topological polar surface area (TPSA) is 21.3 Å². The van der Waals surface area contributed by atoms with Crippen LogP contribution in [-0.4, -0.2) is 13.3 Å². The van der Waals surface area contributed by atoms with Crippen molar-refractivity contribution >= 4 is 0 Å². The molecule has 0 amide bonds. The van der Waals surface area contributed by atoms with Crippen LogP contribution in [0.1, 0.15) is 11.1 Å². The van der Waals surface area contributed by atoms with E-state index < -0.39 is 0 Å². The molecule has 1 aromatic rings. The van der Waals surface area contributed by atoms with E-state index in [9.17, 15) is 0 Å². The Hall–Kier alpha value is -1.02. The minimum absolute atomic E-state index is 0.635. The lowest BCUT2D eigenvalue weighted by atomic mass is 10.1. The van der Waals surface area contributed by atoms with Gasteiger partial charge in [-0.1, -0.05) is 17.7 Å². The highest BCUT2D eigenvalue weighted by Crippen LogP contribution is 2.21. The van der Waals surface area contributed by atoms with Crippen LogP contribution < -0.4 is 10.1 Å². The van der Waals surface area contributed by atoms with Gasteiger partial charge in [-0.2, -0.15) is 0 Å². The molecule has 1 N–H and O–H groups in total. The first-order valence-corrected chi connectivity index (χ1v) is 4.29. The lowest BCUT2D eigenvalue weighted by Gasteiger charge is -2.06. The van der Waals surface area contributed by atoms with Gasteiger partial charge in [-0.3, -0.25) is 5.32 Å². The van der Waals surface area contributed by atoms with Gasteiger partial charge in [0.15, 0.2) is 0 Å². The van der Waals surface area contributed by atoms with Crippen LogP contribution in [0.2, 0.25) is 0 Å². The van der Waals surface area contributed by atoms with Crippen LogP contribution >= 0.6 is 0 Å². The summed E-state index contributed by atoms with van der Waals surface area (Å²) in [6, 6.07) is 6.34. The van der Waals surface area contributed by atoms with Gasteiger partial charge in [0.2, 0.25) is 0 Å². The van der Waals surface area contributed by atoms with Gasteiger partial charge >= 0.3 is 0 Å². The molecular weight excluding hydrogens is 150 g/mol. The molecule has 0 aromatic heterocycles. The molecule has 1 aromatic carbocycles.